The van der Waals surface area contributed by atoms with Gasteiger partial charge in [0.15, 0.2) is 0 Å². The lowest BCUT2D eigenvalue weighted by Gasteiger charge is -2.16. The van der Waals surface area contributed by atoms with Crippen molar-refractivity contribution in [2.24, 2.45) is 10.8 Å². The van der Waals surface area contributed by atoms with Crippen LogP contribution >= 0.6 is 11.6 Å². The molecule has 1 aliphatic rings. The highest BCUT2D eigenvalue weighted by Gasteiger charge is 2.66. The number of esters is 1. The molecule has 1 aromatic carbocycles. The molecule has 0 radical (unpaired) electrons. The molecule has 0 spiro atoms. The summed E-state index contributed by atoms with van der Waals surface area (Å²) in [6.45, 7) is 6.10. The number of rotatable bonds is 5. The molecule has 0 saturated heterocycles. The summed E-state index contributed by atoms with van der Waals surface area (Å²) in [7, 11) is 0. The number of aliphatic hydroxyl groups is 1. The number of halogens is 1. The summed E-state index contributed by atoms with van der Waals surface area (Å²) in [5, 5.41) is 9.84. The Bertz CT molecular complexity index is 560. The first-order valence-electron chi connectivity index (χ1n) is 7.02. The minimum atomic E-state index is -0.605. The van der Waals surface area contributed by atoms with Crippen LogP contribution in [0.1, 0.15) is 32.8 Å². The number of ether oxygens (including phenoxy) is 1. The van der Waals surface area contributed by atoms with Gasteiger partial charge >= 0.3 is 5.97 Å². The van der Waals surface area contributed by atoms with E-state index in [0.717, 1.165) is 17.6 Å². The zero-order chi connectivity index (χ0) is 15.7. The van der Waals surface area contributed by atoms with Crippen LogP contribution in [-0.4, -0.2) is 17.7 Å². The van der Waals surface area contributed by atoms with Crippen molar-refractivity contribution in [2.45, 2.75) is 33.8 Å². The summed E-state index contributed by atoms with van der Waals surface area (Å²) < 4.78 is 5.47. The smallest absolute Gasteiger partial charge is 0.316 e. The molecule has 0 bridgehead atoms. The first-order chi connectivity index (χ1) is 9.80. The maximum absolute atomic E-state index is 12.5. The summed E-state index contributed by atoms with van der Waals surface area (Å²) in [5.41, 5.74) is 0.973. The Hall–Kier alpha value is -1.32. The fourth-order valence-electron chi connectivity index (χ4n) is 2.63. The van der Waals surface area contributed by atoms with Crippen molar-refractivity contribution < 1.29 is 14.6 Å². The Balaban J connectivity index is 2.06. The van der Waals surface area contributed by atoms with Crippen LogP contribution in [0.3, 0.4) is 0 Å². The van der Waals surface area contributed by atoms with E-state index >= 15 is 0 Å². The lowest BCUT2D eigenvalue weighted by atomic mass is 9.93. The van der Waals surface area contributed by atoms with Crippen molar-refractivity contribution in [2.75, 3.05) is 6.61 Å². The summed E-state index contributed by atoms with van der Waals surface area (Å²) in [4.78, 5) is 12.5. The van der Waals surface area contributed by atoms with Gasteiger partial charge in [0, 0.05) is 5.02 Å². The highest BCUT2D eigenvalue weighted by atomic mass is 35.5. The standard InChI is InChI=1S/C17H21ClO3/c1-12(9-19)8-17(11-16(17,2)3)15(20)21-10-13-4-6-14(18)7-5-13/h4-8,19H,9-11H2,1-3H3/b12-8+. The molecule has 1 aromatic rings. The van der Waals surface area contributed by atoms with E-state index in [1.807, 2.05) is 39.0 Å². The molecule has 3 nitrogen and oxygen atoms in total. The molecule has 0 amide bonds. The van der Waals surface area contributed by atoms with Gasteiger partial charge in [0.25, 0.3) is 0 Å². The van der Waals surface area contributed by atoms with Crippen LogP contribution in [-0.2, 0) is 16.1 Å². The monoisotopic (exact) mass is 308 g/mol. The maximum Gasteiger partial charge on any atom is 0.316 e. The Labute approximate surface area is 130 Å². The van der Waals surface area contributed by atoms with Crippen molar-refractivity contribution >= 4 is 17.6 Å². The second-order valence-corrected chi connectivity index (χ2v) is 6.82. The first-order valence-corrected chi connectivity index (χ1v) is 7.39. The summed E-state index contributed by atoms with van der Waals surface area (Å²) in [5.74, 6) is -0.227. The molecule has 1 aliphatic carbocycles. The molecule has 0 aromatic heterocycles. The molecule has 1 N–H and O–H groups in total. The van der Waals surface area contributed by atoms with Crippen LogP contribution in [0.5, 0.6) is 0 Å². The largest absolute Gasteiger partial charge is 0.460 e. The fourth-order valence-corrected chi connectivity index (χ4v) is 2.76. The quantitative estimate of drug-likeness (QED) is 0.666. The zero-order valence-electron chi connectivity index (χ0n) is 12.6. The van der Waals surface area contributed by atoms with E-state index in [4.69, 9.17) is 16.3 Å². The van der Waals surface area contributed by atoms with Crippen LogP contribution in [0.25, 0.3) is 0 Å². The normalized spacial score (nSPS) is 23.8. The van der Waals surface area contributed by atoms with E-state index in [1.165, 1.54) is 0 Å². The average Bonchev–Trinajstić information content (AvgIpc) is 3.00. The number of hydrogen-bond acceptors (Lipinski definition) is 3. The van der Waals surface area contributed by atoms with Gasteiger partial charge in [-0.3, -0.25) is 4.79 Å². The average molecular weight is 309 g/mol. The predicted octanol–water partition coefficient (Wildman–Crippen LogP) is 3.74. The summed E-state index contributed by atoms with van der Waals surface area (Å²) in [6, 6.07) is 7.24. The molecule has 1 unspecified atom stereocenters. The van der Waals surface area contributed by atoms with Gasteiger partial charge in [-0.15, -0.1) is 0 Å². The number of carbonyl (C=O) groups excluding carboxylic acids is 1. The topological polar surface area (TPSA) is 46.5 Å². The van der Waals surface area contributed by atoms with Crippen molar-refractivity contribution in [1.29, 1.82) is 0 Å². The van der Waals surface area contributed by atoms with Crippen LogP contribution in [0, 0.1) is 10.8 Å². The van der Waals surface area contributed by atoms with Gasteiger partial charge in [0.1, 0.15) is 6.61 Å². The van der Waals surface area contributed by atoms with Gasteiger partial charge in [0.2, 0.25) is 0 Å². The van der Waals surface area contributed by atoms with Crippen molar-refractivity contribution in [3.05, 3.63) is 46.5 Å². The van der Waals surface area contributed by atoms with E-state index in [9.17, 15) is 9.90 Å². The van der Waals surface area contributed by atoms with Gasteiger partial charge in [-0.1, -0.05) is 49.2 Å². The number of aliphatic hydroxyl groups excluding tert-OH is 1. The molecule has 1 saturated carbocycles. The van der Waals surface area contributed by atoms with E-state index in [-0.39, 0.29) is 24.6 Å². The SMILES string of the molecule is C/C(=C\C1(C(=O)OCc2ccc(Cl)cc2)CC1(C)C)CO. The number of benzene rings is 1. The lowest BCUT2D eigenvalue weighted by Crippen LogP contribution is -2.22. The van der Waals surface area contributed by atoms with E-state index in [1.54, 1.807) is 12.1 Å². The molecular weight excluding hydrogens is 288 g/mol. The van der Waals surface area contributed by atoms with Crippen molar-refractivity contribution in [3.63, 3.8) is 0 Å². The zero-order valence-corrected chi connectivity index (χ0v) is 13.4. The van der Waals surface area contributed by atoms with Gasteiger partial charge < -0.3 is 9.84 Å². The van der Waals surface area contributed by atoms with Gasteiger partial charge in [-0.25, -0.2) is 0 Å². The molecule has 2 rings (SSSR count). The van der Waals surface area contributed by atoms with Crippen LogP contribution in [0.4, 0.5) is 0 Å². The maximum atomic E-state index is 12.5. The minimum Gasteiger partial charge on any atom is -0.460 e. The second kappa shape index (κ2) is 5.82. The highest BCUT2D eigenvalue weighted by molar-refractivity contribution is 6.30. The highest BCUT2D eigenvalue weighted by Crippen LogP contribution is 2.65. The molecule has 21 heavy (non-hydrogen) atoms. The second-order valence-electron chi connectivity index (χ2n) is 6.38. The van der Waals surface area contributed by atoms with Gasteiger partial charge in [-0.2, -0.15) is 0 Å². The Morgan fingerprint density at radius 2 is 1.95 bits per heavy atom. The van der Waals surface area contributed by atoms with Gasteiger partial charge in [-0.05, 0) is 36.5 Å². The Morgan fingerprint density at radius 3 is 2.43 bits per heavy atom. The Morgan fingerprint density at radius 1 is 1.38 bits per heavy atom. The molecular formula is C17H21ClO3. The molecule has 1 fully saturated rings. The van der Waals surface area contributed by atoms with Crippen molar-refractivity contribution in [3.8, 4) is 0 Å². The van der Waals surface area contributed by atoms with Gasteiger partial charge in [0.05, 0.1) is 12.0 Å². The van der Waals surface area contributed by atoms with E-state index in [2.05, 4.69) is 0 Å². The summed E-state index contributed by atoms with van der Waals surface area (Å²) in [6.07, 6.45) is 2.61. The molecule has 114 valence electrons. The van der Waals surface area contributed by atoms with E-state index in [0.29, 0.717) is 5.02 Å². The van der Waals surface area contributed by atoms with E-state index < -0.39 is 5.41 Å². The molecule has 1 atom stereocenters. The fraction of sp³-hybridized carbons (Fsp3) is 0.471. The third-order valence-electron chi connectivity index (χ3n) is 4.19. The lowest BCUT2D eigenvalue weighted by molar-refractivity contribution is -0.150. The minimum absolute atomic E-state index is 0.0394. The Kier molecular flexibility index (Phi) is 4.45. The molecule has 4 heteroatoms. The van der Waals surface area contributed by atoms with Crippen LogP contribution < -0.4 is 0 Å². The third kappa shape index (κ3) is 3.30. The number of hydrogen-bond donors (Lipinski definition) is 1. The predicted molar refractivity (Wildman–Crippen MR) is 82.9 cm³/mol. The molecule has 0 aliphatic heterocycles. The van der Waals surface area contributed by atoms with Crippen LogP contribution in [0.15, 0.2) is 35.9 Å². The number of carbonyl (C=O) groups is 1. The van der Waals surface area contributed by atoms with Crippen LogP contribution in [0.2, 0.25) is 5.02 Å². The first kappa shape index (κ1) is 16.1. The summed E-state index contributed by atoms with van der Waals surface area (Å²) >= 11 is 5.83. The molecule has 0 heterocycles. The van der Waals surface area contributed by atoms with Crippen molar-refractivity contribution in [1.82, 2.24) is 0 Å². The third-order valence-corrected chi connectivity index (χ3v) is 4.45.